The van der Waals surface area contributed by atoms with Gasteiger partial charge in [0.15, 0.2) is 0 Å². The third kappa shape index (κ3) is 8.81. The van der Waals surface area contributed by atoms with Crippen molar-refractivity contribution in [2.75, 3.05) is 7.05 Å². The first-order valence-electron chi connectivity index (χ1n) is 26.0. The van der Waals surface area contributed by atoms with Gasteiger partial charge in [0.25, 0.3) is 17.4 Å². The highest BCUT2D eigenvalue weighted by molar-refractivity contribution is 6.25. The van der Waals surface area contributed by atoms with Crippen LogP contribution in [0.3, 0.4) is 0 Å². The molecule has 13 rings (SSSR count). The van der Waals surface area contributed by atoms with Gasteiger partial charge in [-0.1, -0.05) is 177 Å². The lowest BCUT2D eigenvalue weighted by molar-refractivity contribution is -0.589. The molecule has 2 amide bonds. The van der Waals surface area contributed by atoms with Crippen LogP contribution in [-0.4, -0.2) is 37.7 Å². The van der Waals surface area contributed by atoms with E-state index >= 15 is 0 Å². The number of benzene rings is 8. The summed E-state index contributed by atoms with van der Waals surface area (Å²) in [6, 6.07) is 45.8. The van der Waals surface area contributed by atoms with Crippen molar-refractivity contribution in [3.63, 3.8) is 0 Å². The second kappa shape index (κ2) is 22.2. The van der Waals surface area contributed by atoms with Crippen LogP contribution < -0.4 is 15.6 Å². The van der Waals surface area contributed by atoms with E-state index in [0.717, 1.165) is 81.8 Å². The van der Waals surface area contributed by atoms with E-state index < -0.39 is 0 Å². The monoisotopic (exact) mass is 971 g/mol. The van der Waals surface area contributed by atoms with Crippen molar-refractivity contribution < 1.29 is 14.1 Å². The Morgan fingerprint density at radius 1 is 0.466 bits per heavy atom. The summed E-state index contributed by atoms with van der Waals surface area (Å²) < 4.78 is 5.52. The number of carbonyl (C=O) groups excluding carboxylic acids is 2. The van der Waals surface area contributed by atoms with Crippen LogP contribution in [0.1, 0.15) is 132 Å². The van der Waals surface area contributed by atoms with Crippen molar-refractivity contribution in [2.24, 2.45) is 0 Å². The number of aryl methyl sites for hydroxylation is 1. The third-order valence-corrected chi connectivity index (χ3v) is 13.2. The topological polar surface area (TPSA) is 97.3 Å². The summed E-state index contributed by atoms with van der Waals surface area (Å²) in [6.07, 6.45) is 2.05. The van der Waals surface area contributed by atoms with Crippen LogP contribution in [0.25, 0.3) is 81.6 Å². The molecule has 0 radical (unpaired) electrons. The van der Waals surface area contributed by atoms with E-state index in [1.807, 2.05) is 158 Å². The van der Waals surface area contributed by atoms with Crippen molar-refractivity contribution in [2.45, 2.75) is 102 Å². The maximum absolute atomic E-state index is 13.2. The third-order valence-electron chi connectivity index (χ3n) is 13.2. The summed E-state index contributed by atoms with van der Waals surface area (Å²) >= 11 is 0. The van der Waals surface area contributed by atoms with Gasteiger partial charge < -0.3 is 0 Å². The summed E-state index contributed by atoms with van der Waals surface area (Å²) in [7, 11) is 1.52. The van der Waals surface area contributed by atoms with Crippen molar-refractivity contribution in [1.82, 2.24) is 18.8 Å². The van der Waals surface area contributed by atoms with Gasteiger partial charge in [-0.05, 0) is 100 Å². The number of fused-ring (bicyclic) bond motifs is 8. The molecular formula is C64H68N5O4+. The highest BCUT2D eigenvalue weighted by Gasteiger charge is 2.30. The fraction of sp³-hybridized carbons (Fsp3) is 0.250. The van der Waals surface area contributed by atoms with E-state index in [2.05, 4.69) is 70.2 Å². The predicted molar refractivity (Wildman–Crippen MR) is 307 cm³/mol. The van der Waals surface area contributed by atoms with Gasteiger partial charge in [0, 0.05) is 45.8 Å². The second-order valence-electron chi connectivity index (χ2n) is 17.7. The molecule has 0 aliphatic carbocycles. The summed E-state index contributed by atoms with van der Waals surface area (Å²) in [5.41, 5.74) is 9.40. The number of pyridine rings is 1. The zero-order chi connectivity index (χ0) is 53.0. The molecule has 12 aromatic rings. The molecule has 8 aromatic carbocycles. The molecule has 0 saturated carbocycles. The van der Waals surface area contributed by atoms with E-state index in [-0.39, 0.29) is 22.9 Å². The molecule has 1 aliphatic heterocycles. The van der Waals surface area contributed by atoms with Gasteiger partial charge in [0.05, 0.1) is 27.2 Å². The highest BCUT2D eigenvalue weighted by Crippen LogP contribution is 2.35. The SMILES string of the molecule is CC.CC.CC.CC.CC(C)c1ccc2c(=O)n3c4ccccc4c[n+]3c3cccc1c23.CC(C)c1ccc2c3c1cccc3c(=O)n1c3ccccc3nc21.Cc1ccc2c3c(cccc13)C(=O)N(C)C2=O. The van der Waals surface area contributed by atoms with E-state index in [9.17, 15) is 19.2 Å². The van der Waals surface area contributed by atoms with Gasteiger partial charge in [-0.3, -0.25) is 28.5 Å². The number of imidazole rings is 1. The van der Waals surface area contributed by atoms with Crippen LogP contribution >= 0.6 is 0 Å². The first-order chi connectivity index (χ1) is 35.4. The molecule has 0 unspecified atom stereocenters. The fourth-order valence-corrected chi connectivity index (χ4v) is 10.1. The van der Waals surface area contributed by atoms with Crippen LogP contribution in [0, 0.1) is 6.92 Å². The summed E-state index contributed by atoms with van der Waals surface area (Å²) in [4.78, 5) is 56.3. The van der Waals surface area contributed by atoms with Gasteiger partial charge in [-0.15, -0.1) is 0 Å². The van der Waals surface area contributed by atoms with E-state index in [4.69, 9.17) is 4.98 Å². The predicted octanol–water partition coefficient (Wildman–Crippen LogP) is 15.1. The summed E-state index contributed by atoms with van der Waals surface area (Å²) in [5.74, 6) is 0.379. The smallest absolute Gasteiger partial charge is 0.277 e. The number of aromatic nitrogens is 4. The Bertz CT molecular complexity index is 3920. The van der Waals surface area contributed by atoms with Crippen LogP contribution in [0.5, 0.6) is 0 Å². The molecule has 0 fully saturated rings. The molecule has 5 heterocycles. The zero-order valence-electron chi connectivity index (χ0n) is 44.9. The Kier molecular flexibility index (Phi) is 16.0. The number of carbonyl (C=O) groups is 2. The van der Waals surface area contributed by atoms with E-state index in [1.54, 1.807) is 21.0 Å². The molecule has 9 nitrogen and oxygen atoms in total. The number of nitrogens with zero attached hydrogens (tertiary/aromatic N) is 5. The molecule has 1 aliphatic rings. The summed E-state index contributed by atoms with van der Waals surface area (Å²) in [5, 5.41) is 9.87. The van der Waals surface area contributed by atoms with Crippen LogP contribution in [0.2, 0.25) is 0 Å². The molecule has 73 heavy (non-hydrogen) atoms. The highest BCUT2D eigenvalue weighted by atomic mass is 16.2. The Hall–Kier alpha value is -8.04. The Morgan fingerprint density at radius 3 is 1.64 bits per heavy atom. The van der Waals surface area contributed by atoms with Crippen LogP contribution in [0.15, 0.2) is 155 Å². The van der Waals surface area contributed by atoms with Gasteiger partial charge in [-0.25, -0.2) is 4.98 Å². The van der Waals surface area contributed by atoms with Crippen molar-refractivity contribution in [1.29, 1.82) is 0 Å². The number of hydrogen-bond acceptors (Lipinski definition) is 5. The molecular weight excluding hydrogens is 903 g/mol. The Balaban J connectivity index is 0.000000152. The molecule has 0 saturated heterocycles. The van der Waals surface area contributed by atoms with Gasteiger partial charge in [0.1, 0.15) is 11.2 Å². The summed E-state index contributed by atoms with van der Waals surface area (Å²) in [6.45, 7) is 26.7. The number of para-hydroxylation sites is 3. The maximum atomic E-state index is 13.2. The van der Waals surface area contributed by atoms with Crippen molar-refractivity contribution in [3.8, 4) is 0 Å². The fourth-order valence-electron chi connectivity index (χ4n) is 10.1. The maximum Gasteiger partial charge on any atom is 0.315 e. The van der Waals surface area contributed by atoms with Gasteiger partial charge in [0.2, 0.25) is 11.7 Å². The second-order valence-corrected chi connectivity index (χ2v) is 17.7. The molecule has 9 heteroatoms. The number of rotatable bonds is 2. The van der Waals surface area contributed by atoms with E-state index in [1.165, 1.54) is 28.5 Å². The zero-order valence-corrected chi connectivity index (χ0v) is 44.9. The van der Waals surface area contributed by atoms with Crippen LogP contribution in [0.4, 0.5) is 0 Å². The molecule has 372 valence electrons. The Labute approximate surface area is 427 Å². The average molecular weight is 971 g/mol. The lowest BCUT2D eigenvalue weighted by Gasteiger charge is -2.24. The van der Waals surface area contributed by atoms with Gasteiger partial charge in [-0.2, -0.15) is 0 Å². The standard InChI is InChI=1S/C21H16N2O.C21H17N2O.C14H11NO2.4C2H6/c1-12(2)13-10-11-15-19-14(13)6-5-7-16(19)21(24)23-18-9-4-3-8-17(18)22-20(15)23;1-13(2)15-10-11-17-20-16(15)7-5-9-19(20)22-12-14-6-3-4-8-18(14)23(22)21(17)24;1-8-6-7-11-12-9(8)4-3-5-10(12)13(16)15(2)14(11)17;4*1-2/h3-12H,1-2H3;3-13H,1-2H3;3-7H,1-2H3;4*1-2H3/q;+1;;;;;. The van der Waals surface area contributed by atoms with Crippen LogP contribution in [-0.2, 0) is 0 Å². The largest absolute Gasteiger partial charge is 0.315 e. The minimum absolute atomic E-state index is 0.0118. The quantitative estimate of drug-likeness (QED) is 0.127. The van der Waals surface area contributed by atoms with Gasteiger partial charge >= 0.3 is 5.56 Å². The van der Waals surface area contributed by atoms with Crippen molar-refractivity contribution in [3.05, 3.63) is 194 Å². The number of hydrogen-bond donors (Lipinski definition) is 0. The molecule has 0 atom stereocenters. The molecule has 4 aromatic heterocycles. The number of amides is 2. The molecule has 0 spiro atoms. The average Bonchev–Trinajstić information content (AvgIpc) is 4.03. The molecule has 0 N–H and O–H groups in total. The lowest BCUT2D eigenvalue weighted by atomic mass is 9.92. The van der Waals surface area contributed by atoms with E-state index in [0.29, 0.717) is 23.0 Å². The molecule has 0 bridgehead atoms. The minimum atomic E-state index is -0.223. The lowest BCUT2D eigenvalue weighted by Crippen LogP contribution is -2.37. The Morgan fingerprint density at radius 2 is 0.986 bits per heavy atom. The first kappa shape index (κ1) is 52.8. The number of imide groups is 1. The van der Waals surface area contributed by atoms with Crippen molar-refractivity contribution >= 4 is 93.4 Å². The minimum Gasteiger partial charge on any atom is -0.277 e. The normalized spacial score (nSPS) is 11.8. The first-order valence-corrected chi connectivity index (χ1v) is 26.0.